The van der Waals surface area contributed by atoms with Gasteiger partial charge in [-0.25, -0.2) is 0 Å². The van der Waals surface area contributed by atoms with Crippen molar-refractivity contribution in [1.29, 1.82) is 0 Å². The van der Waals surface area contributed by atoms with Gasteiger partial charge in [-0.3, -0.25) is 9.59 Å². The van der Waals surface area contributed by atoms with E-state index in [1.165, 1.54) is 0 Å². The van der Waals surface area contributed by atoms with Crippen LogP contribution in [0.3, 0.4) is 0 Å². The summed E-state index contributed by atoms with van der Waals surface area (Å²) in [6, 6.07) is 24.5. The summed E-state index contributed by atoms with van der Waals surface area (Å²) in [7, 11) is 1.61. The molecule has 1 N–H and O–H groups in total. The van der Waals surface area contributed by atoms with Gasteiger partial charge in [0, 0.05) is 24.0 Å². The van der Waals surface area contributed by atoms with Crippen molar-refractivity contribution in [1.82, 2.24) is 10.2 Å². The van der Waals surface area contributed by atoms with Crippen LogP contribution in [0.25, 0.3) is 0 Å². The molecule has 3 aromatic carbocycles. The molecule has 0 saturated heterocycles. The highest BCUT2D eigenvalue weighted by molar-refractivity contribution is 9.10. The van der Waals surface area contributed by atoms with Gasteiger partial charge in [0.2, 0.25) is 11.8 Å². The van der Waals surface area contributed by atoms with E-state index in [2.05, 4.69) is 35.1 Å². The topological polar surface area (TPSA) is 58.6 Å². The molecular formula is C29H33BrN2O3. The molecule has 2 amide bonds. The Balaban J connectivity index is 1.94. The second kappa shape index (κ2) is 13.1. The van der Waals surface area contributed by atoms with E-state index in [9.17, 15) is 9.59 Å². The Morgan fingerprint density at radius 3 is 2.23 bits per heavy atom. The van der Waals surface area contributed by atoms with Gasteiger partial charge in [-0.15, -0.1) is 0 Å². The highest BCUT2D eigenvalue weighted by atomic mass is 79.9. The van der Waals surface area contributed by atoms with Gasteiger partial charge in [0.25, 0.3) is 0 Å². The van der Waals surface area contributed by atoms with Gasteiger partial charge in [0.1, 0.15) is 11.8 Å². The fraction of sp³-hybridized carbons (Fsp3) is 0.310. The highest BCUT2D eigenvalue weighted by Crippen LogP contribution is 2.20. The summed E-state index contributed by atoms with van der Waals surface area (Å²) in [6.45, 7) is 5.00. The lowest BCUT2D eigenvalue weighted by Gasteiger charge is -2.32. The summed E-state index contributed by atoms with van der Waals surface area (Å²) in [5, 5.41) is 3.06. The van der Waals surface area contributed by atoms with Crippen molar-refractivity contribution in [3.8, 4) is 5.75 Å². The predicted octanol–water partition coefficient (Wildman–Crippen LogP) is 5.41. The molecule has 0 unspecified atom stereocenters. The average molecular weight is 537 g/mol. The molecule has 0 fully saturated rings. The molecule has 3 aromatic rings. The Bertz CT molecular complexity index is 1100. The average Bonchev–Trinajstić information content (AvgIpc) is 2.85. The lowest BCUT2D eigenvalue weighted by Crippen LogP contribution is -2.51. The molecule has 0 aliphatic heterocycles. The normalized spacial score (nSPS) is 11.7. The van der Waals surface area contributed by atoms with E-state index in [1.54, 1.807) is 12.0 Å². The first-order valence-corrected chi connectivity index (χ1v) is 12.6. The van der Waals surface area contributed by atoms with Gasteiger partial charge in [-0.05, 0) is 46.9 Å². The van der Waals surface area contributed by atoms with Crippen LogP contribution in [0.4, 0.5) is 0 Å². The van der Waals surface area contributed by atoms with Gasteiger partial charge in [0.05, 0.1) is 13.5 Å². The number of carbonyl (C=O) groups excluding carboxylic acids is 2. The van der Waals surface area contributed by atoms with Crippen molar-refractivity contribution in [2.24, 2.45) is 5.92 Å². The summed E-state index contributed by atoms with van der Waals surface area (Å²) in [6.07, 6.45) is 0.633. The Morgan fingerprint density at radius 1 is 0.914 bits per heavy atom. The van der Waals surface area contributed by atoms with Gasteiger partial charge >= 0.3 is 0 Å². The van der Waals surface area contributed by atoms with Gasteiger partial charge < -0.3 is 15.0 Å². The molecule has 0 radical (unpaired) electrons. The van der Waals surface area contributed by atoms with E-state index < -0.39 is 6.04 Å². The number of hydrogen-bond donors (Lipinski definition) is 1. The summed E-state index contributed by atoms with van der Waals surface area (Å²) >= 11 is 3.52. The summed E-state index contributed by atoms with van der Waals surface area (Å²) in [4.78, 5) is 28.9. The van der Waals surface area contributed by atoms with Crippen molar-refractivity contribution < 1.29 is 14.3 Å². The number of ether oxygens (including phenoxy) is 1. The first-order valence-electron chi connectivity index (χ1n) is 11.8. The van der Waals surface area contributed by atoms with Crippen molar-refractivity contribution in [3.63, 3.8) is 0 Å². The molecule has 1 atom stereocenters. The largest absolute Gasteiger partial charge is 0.497 e. The number of amides is 2. The number of halogens is 1. The van der Waals surface area contributed by atoms with E-state index in [0.717, 1.165) is 26.9 Å². The third-order valence-electron chi connectivity index (χ3n) is 5.71. The number of nitrogens with zero attached hydrogens (tertiary/aromatic N) is 1. The summed E-state index contributed by atoms with van der Waals surface area (Å²) < 4.78 is 6.17. The highest BCUT2D eigenvalue weighted by Gasteiger charge is 2.30. The molecule has 0 aliphatic carbocycles. The Kier molecular flexibility index (Phi) is 9.91. The molecule has 0 saturated carbocycles. The van der Waals surface area contributed by atoms with Crippen LogP contribution in [0, 0.1) is 5.92 Å². The zero-order valence-electron chi connectivity index (χ0n) is 20.5. The fourth-order valence-corrected chi connectivity index (χ4v) is 4.27. The van der Waals surface area contributed by atoms with E-state index in [1.807, 2.05) is 78.9 Å². The Morgan fingerprint density at radius 2 is 1.60 bits per heavy atom. The number of hydrogen-bond acceptors (Lipinski definition) is 3. The van der Waals surface area contributed by atoms with Gasteiger partial charge in [0.15, 0.2) is 0 Å². The fourth-order valence-electron chi connectivity index (χ4n) is 3.83. The minimum Gasteiger partial charge on any atom is -0.497 e. The van der Waals surface area contributed by atoms with E-state index in [0.29, 0.717) is 25.4 Å². The number of nitrogens with one attached hydrogen (secondary N) is 1. The van der Waals surface area contributed by atoms with Crippen LogP contribution in [-0.4, -0.2) is 36.4 Å². The zero-order valence-corrected chi connectivity index (χ0v) is 22.1. The maximum Gasteiger partial charge on any atom is 0.243 e. The summed E-state index contributed by atoms with van der Waals surface area (Å²) in [5.41, 5.74) is 2.84. The lowest BCUT2D eigenvalue weighted by atomic mass is 10.0. The van der Waals surface area contributed by atoms with E-state index in [4.69, 9.17) is 4.74 Å². The monoisotopic (exact) mass is 536 g/mol. The van der Waals surface area contributed by atoms with Gasteiger partial charge in [-0.1, -0.05) is 84.4 Å². The van der Waals surface area contributed by atoms with Crippen molar-refractivity contribution in [2.45, 2.75) is 39.3 Å². The molecule has 6 heteroatoms. The van der Waals surface area contributed by atoms with E-state index in [-0.39, 0.29) is 18.2 Å². The SMILES string of the molecule is COc1ccc(CC(=O)N(Cc2cccc(Br)c2)[C@@H](Cc2ccccc2)C(=O)NCC(C)C)cc1. The Hall–Kier alpha value is -3.12. The maximum absolute atomic E-state index is 13.7. The minimum absolute atomic E-state index is 0.101. The number of benzene rings is 3. The number of methoxy groups -OCH3 is 1. The first-order chi connectivity index (χ1) is 16.9. The predicted molar refractivity (Wildman–Crippen MR) is 143 cm³/mol. The van der Waals surface area contributed by atoms with Crippen LogP contribution in [-0.2, 0) is 29.0 Å². The van der Waals surface area contributed by atoms with Crippen LogP contribution in [0.5, 0.6) is 5.75 Å². The van der Waals surface area contributed by atoms with Crippen LogP contribution in [0.2, 0.25) is 0 Å². The van der Waals surface area contributed by atoms with Crippen molar-refractivity contribution in [2.75, 3.05) is 13.7 Å². The molecular weight excluding hydrogens is 504 g/mol. The Labute approximate surface area is 216 Å². The smallest absolute Gasteiger partial charge is 0.243 e. The first kappa shape index (κ1) is 26.5. The molecule has 0 bridgehead atoms. The molecule has 5 nitrogen and oxygen atoms in total. The van der Waals surface area contributed by atoms with Crippen LogP contribution >= 0.6 is 15.9 Å². The van der Waals surface area contributed by atoms with Gasteiger partial charge in [-0.2, -0.15) is 0 Å². The number of rotatable bonds is 11. The molecule has 0 aliphatic rings. The lowest BCUT2D eigenvalue weighted by molar-refractivity contribution is -0.140. The minimum atomic E-state index is -0.638. The second-order valence-corrected chi connectivity index (χ2v) is 9.94. The maximum atomic E-state index is 13.7. The quantitative estimate of drug-likeness (QED) is 0.356. The van der Waals surface area contributed by atoms with Crippen LogP contribution in [0.15, 0.2) is 83.3 Å². The van der Waals surface area contributed by atoms with Crippen LogP contribution in [0.1, 0.15) is 30.5 Å². The molecule has 3 rings (SSSR count). The number of carbonyl (C=O) groups is 2. The second-order valence-electron chi connectivity index (χ2n) is 9.02. The van der Waals surface area contributed by atoms with Crippen LogP contribution < -0.4 is 10.1 Å². The molecule has 0 aromatic heterocycles. The molecule has 184 valence electrons. The molecule has 0 heterocycles. The third kappa shape index (κ3) is 8.25. The molecule has 0 spiro atoms. The zero-order chi connectivity index (χ0) is 25.2. The van der Waals surface area contributed by atoms with Crippen molar-refractivity contribution in [3.05, 3.63) is 100 Å². The standard InChI is InChI=1S/C29H33BrN2O3/c1-21(2)19-31-29(34)27(17-22-8-5-4-6-9-22)32(20-24-10-7-11-25(30)16-24)28(33)18-23-12-14-26(35-3)15-13-23/h4-16,21,27H,17-20H2,1-3H3,(H,31,34)/t27-/m0/s1. The van der Waals surface area contributed by atoms with Crippen molar-refractivity contribution >= 4 is 27.7 Å². The summed E-state index contributed by atoms with van der Waals surface area (Å²) in [5.74, 6) is 0.809. The molecule has 35 heavy (non-hydrogen) atoms. The third-order valence-corrected chi connectivity index (χ3v) is 6.21. The van der Waals surface area contributed by atoms with E-state index >= 15 is 0 Å².